The Labute approximate surface area is 190 Å². The Bertz CT molecular complexity index is 974. The summed E-state index contributed by atoms with van der Waals surface area (Å²) in [7, 11) is 0. The van der Waals surface area contributed by atoms with Gasteiger partial charge in [0.15, 0.2) is 5.82 Å². The molecule has 2 aliphatic heterocycles. The van der Waals surface area contributed by atoms with Gasteiger partial charge in [-0.05, 0) is 44.8 Å². The first-order valence-electron chi connectivity index (χ1n) is 11.7. The molecule has 1 atom stereocenters. The summed E-state index contributed by atoms with van der Waals surface area (Å²) in [6.07, 6.45) is 3.24. The molecule has 0 radical (unpaired) electrons. The molecule has 7 heteroatoms. The third kappa shape index (κ3) is 4.53. The lowest BCUT2D eigenvalue weighted by atomic mass is 10.0. The largest absolute Gasteiger partial charge is 0.331 e. The normalized spacial score (nSPS) is 18.4. The SMILES string of the molecule is CCN(CC)CC(=O)N1CCCC[C@@H]1c1nc(C)c2c(n1)N(Cc1ccccc1)C(=O)C2. The molecule has 1 saturated heterocycles. The van der Waals surface area contributed by atoms with Gasteiger partial charge in [-0.2, -0.15) is 0 Å². The van der Waals surface area contributed by atoms with E-state index >= 15 is 0 Å². The van der Waals surface area contributed by atoms with Gasteiger partial charge in [-0.25, -0.2) is 9.97 Å². The van der Waals surface area contributed by atoms with E-state index in [1.54, 1.807) is 4.90 Å². The zero-order chi connectivity index (χ0) is 22.7. The van der Waals surface area contributed by atoms with Crippen molar-refractivity contribution in [3.8, 4) is 0 Å². The van der Waals surface area contributed by atoms with E-state index < -0.39 is 0 Å². The van der Waals surface area contributed by atoms with Crippen molar-refractivity contribution in [2.75, 3.05) is 31.1 Å². The highest BCUT2D eigenvalue weighted by Crippen LogP contribution is 2.35. The number of aromatic nitrogens is 2. The number of aryl methyl sites for hydroxylation is 1. The van der Waals surface area contributed by atoms with Crippen molar-refractivity contribution < 1.29 is 9.59 Å². The van der Waals surface area contributed by atoms with Crippen molar-refractivity contribution in [1.29, 1.82) is 0 Å². The lowest BCUT2D eigenvalue weighted by molar-refractivity contribution is -0.136. The van der Waals surface area contributed by atoms with Crippen molar-refractivity contribution in [2.45, 2.75) is 59.0 Å². The molecule has 1 aromatic carbocycles. The summed E-state index contributed by atoms with van der Waals surface area (Å²) in [4.78, 5) is 41.6. The molecule has 7 nitrogen and oxygen atoms in total. The Morgan fingerprint density at radius 1 is 1.12 bits per heavy atom. The number of fused-ring (bicyclic) bond motifs is 1. The number of benzene rings is 1. The number of likely N-dealkylation sites (tertiary alicyclic amines) is 1. The third-order valence-corrected chi connectivity index (χ3v) is 6.65. The van der Waals surface area contributed by atoms with Crippen LogP contribution in [0.1, 0.15) is 61.8 Å². The average Bonchev–Trinajstić information content (AvgIpc) is 3.13. The fourth-order valence-corrected chi connectivity index (χ4v) is 4.70. The highest BCUT2D eigenvalue weighted by Gasteiger charge is 2.35. The topological polar surface area (TPSA) is 69.6 Å². The molecule has 170 valence electrons. The number of carbonyl (C=O) groups is 2. The van der Waals surface area contributed by atoms with Crippen LogP contribution >= 0.6 is 0 Å². The standard InChI is InChI=1S/C25H33N5O2/c1-4-28(5-2)17-23(32)29-14-10-9-13-21(29)24-26-18(3)20-15-22(31)30(25(20)27-24)16-19-11-7-6-8-12-19/h6-8,11-12,21H,4-5,9-10,13-17H2,1-3H3/t21-/m1/s1. The van der Waals surface area contributed by atoms with Crippen molar-refractivity contribution >= 4 is 17.6 Å². The molecule has 0 saturated carbocycles. The first-order valence-corrected chi connectivity index (χ1v) is 11.7. The molecule has 2 aliphatic rings. The Kier molecular flexibility index (Phi) is 6.84. The van der Waals surface area contributed by atoms with Crippen LogP contribution in [0.2, 0.25) is 0 Å². The second kappa shape index (κ2) is 9.77. The molecule has 3 heterocycles. The van der Waals surface area contributed by atoms with Gasteiger partial charge in [0.25, 0.3) is 0 Å². The number of carbonyl (C=O) groups excluding carboxylic acids is 2. The number of anilines is 1. The fraction of sp³-hybridized carbons (Fsp3) is 0.520. The van der Waals surface area contributed by atoms with E-state index in [4.69, 9.17) is 9.97 Å². The van der Waals surface area contributed by atoms with Crippen LogP contribution in [0.25, 0.3) is 0 Å². The lowest BCUT2D eigenvalue weighted by Gasteiger charge is -2.36. The van der Waals surface area contributed by atoms with Gasteiger partial charge in [0.2, 0.25) is 11.8 Å². The predicted molar refractivity (Wildman–Crippen MR) is 124 cm³/mol. The van der Waals surface area contributed by atoms with Gasteiger partial charge in [0, 0.05) is 17.8 Å². The number of hydrogen-bond donors (Lipinski definition) is 0. The monoisotopic (exact) mass is 435 g/mol. The van der Waals surface area contributed by atoms with E-state index in [0.29, 0.717) is 31.2 Å². The number of piperidine rings is 1. The number of hydrogen-bond acceptors (Lipinski definition) is 5. The van der Waals surface area contributed by atoms with Gasteiger partial charge < -0.3 is 4.90 Å². The predicted octanol–water partition coefficient (Wildman–Crippen LogP) is 3.27. The fourth-order valence-electron chi connectivity index (χ4n) is 4.70. The number of rotatable bonds is 7. The van der Waals surface area contributed by atoms with E-state index in [2.05, 4.69) is 18.7 Å². The van der Waals surface area contributed by atoms with Gasteiger partial charge >= 0.3 is 0 Å². The van der Waals surface area contributed by atoms with Crippen molar-refractivity contribution in [3.05, 3.63) is 53.0 Å². The Morgan fingerprint density at radius 2 is 1.88 bits per heavy atom. The molecule has 32 heavy (non-hydrogen) atoms. The van der Waals surface area contributed by atoms with E-state index in [0.717, 1.165) is 55.7 Å². The molecular formula is C25H33N5O2. The van der Waals surface area contributed by atoms with Crippen molar-refractivity contribution in [3.63, 3.8) is 0 Å². The Morgan fingerprint density at radius 3 is 2.59 bits per heavy atom. The number of nitrogens with zero attached hydrogens (tertiary/aromatic N) is 5. The third-order valence-electron chi connectivity index (χ3n) is 6.65. The van der Waals surface area contributed by atoms with Crippen molar-refractivity contribution in [1.82, 2.24) is 19.8 Å². The van der Waals surface area contributed by atoms with E-state index in [1.807, 2.05) is 42.2 Å². The highest BCUT2D eigenvalue weighted by atomic mass is 16.2. The summed E-state index contributed by atoms with van der Waals surface area (Å²) in [5.41, 5.74) is 2.82. The quantitative estimate of drug-likeness (QED) is 0.668. The molecule has 0 bridgehead atoms. The summed E-state index contributed by atoms with van der Waals surface area (Å²) >= 11 is 0. The smallest absolute Gasteiger partial charge is 0.237 e. The lowest BCUT2D eigenvalue weighted by Crippen LogP contribution is -2.45. The summed E-state index contributed by atoms with van der Waals surface area (Å²) < 4.78 is 0. The Balaban J connectivity index is 1.63. The zero-order valence-electron chi connectivity index (χ0n) is 19.4. The van der Waals surface area contributed by atoms with Crippen LogP contribution in [-0.4, -0.2) is 57.8 Å². The summed E-state index contributed by atoms with van der Waals surface area (Å²) in [6, 6.07) is 9.85. The van der Waals surface area contributed by atoms with Crippen LogP contribution in [0.4, 0.5) is 5.82 Å². The molecule has 1 fully saturated rings. The summed E-state index contributed by atoms with van der Waals surface area (Å²) in [5.74, 6) is 1.57. The van der Waals surface area contributed by atoms with Crippen LogP contribution in [-0.2, 0) is 22.6 Å². The second-order valence-electron chi connectivity index (χ2n) is 8.67. The minimum atomic E-state index is -0.134. The summed E-state index contributed by atoms with van der Waals surface area (Å²) in [6.45, 7) is 9.47. The Hall–Kier alpha value is -2.80. The van der Waals surface area contributed by atoms with E-state index in [9.17, 15) is 9.59 Å². The van der Waals surface area contributed by atoms with Gasteiger partial charge in [-0.1, -0.05) is 44.2 Å². The van der Waals surface area contributed by atoms with Crippen LogP contribution < -0.4 is 4.90 Å². The molecular weight excluding hydrogens is 402 g/mol. The molecule has 0 unspecified atom stereocenters. The van der Waals surface area contributed by atoms with Crippen LogP contribution in [0.3, 0.4) is 0 Å². The molecule has 0 N–H and O–H groups in total. The minimum Gasteiger partial charge on any atom is -0.331 e. The van der Waals surface area contributed by atoms with E-state index in [-0.39, 0.29) is 17.9 Å². The zero-order valence-corrected chi connectivity index (χ0v) is 19.4. The summed E-state index contributed by atoms with van der Waals surface area (Å²) in [5, 5.41) is 0. The van der Waals surface area contributed by atoms with E-state index in [1.165, 1.54) is 0 Å². The molecule has 0 spiro atoms. The van der Waals surface area contributed by atoms with Crippen LogP contribution in [0, 0.1) is 6.92 Å². The maximum Gasteiger partial charge on any atom is 0.237 e. The molecule has 2 aromatic rings. The van der Waals surface area contributed by atoms with Crippen LogP contribution in [0.15, 0.2) is 30.3 Å². The van der Waals surface area contributed by atoms with Gasteiger partial charge in [-0.15, -0.1) is 0 Å². The van der Waals surface area contributed by atoms with Crippen molar-refractivity contribution in [2.24, 2.45) is 0 Å². The van der Waals surface area contributed by atoms with Gasteiger partial charge in [0.05, 0.1) is 25.6 Å². The van der Waals surface area contributed by atoms with Gasteiger partial charge in [0.1, 0.15) is 5.82 Å². The maximum absolute atomic E-state index is 13.2. The van der Waals surface area contributed by atoms with Gasteiger partial charge in [-0.3, -0.25) is 19.4 Å². The number of amides is 2. The molecule has 2 amide bonds. The first kappa shape index (κ1) is 22.4. The second-order valence-corrected chi connectivity index (χ2v) is 8.67. The first-order chi connectivity index (χ1) is 15.5. The number of likely N-dealkylation sites (N-methyl/N-ethyl adjacent to an activating group) is 1. The molecule has 0 aliphatic carbocycles. The minimum absolute atomic E-state index is 0.0523. The highest BCUT2D eigenvalue weighted by molar-refractivity contribution is 6.00. The van der Waals surface area contributed by atoms with Crippen LogP contribution in [0.5, 0.6) is 0 Å². The molecule has 1 aromatic heterocycles. The average molecular weight is 436 g/mol. The molecule has 4 rings (SSSR count). The maximum atomic E-state index is 13.2.